The Morgan fingerprint density at radius 1 is 1.30 bits per heavy atom. The summed E-state index contributed by atoms with van der Waals surface area (Å²) < 4.78 is 4.97. The van der Waals surface area contributed by atoms with Crippen LogP contribution in [0.15, 0.2) is 42.5 Å². The summed E-state index contributed by atoms with van der Waals surface area (Å²) >= 11 is 0. The lowest BCUT2D eigenvalue weighted by molar-refractivity contribution is 0.102. The van der Waals surface area contributed by atoms with Crippen molar-refractivity contribution < 1.29 is 14.6 Å². The zero-order chi connectivity index (χ0) is 16.4. The van der Waals surface area contributed by atoms with Gasteiger partial charge in [-0.25, -0.2) is 0 Å². The Labute approximate surface area is 134 Å². The number of amides is 1. The highest BCUT2D eigenvalue weighted by Crippen LogP contribution is 2.47. The third kappa shape index (κ3) is 2.84. The Kier molecular flexibility index (Phi) is 3.67. The van der Waals surface area contributed by atoms with Gasteiger partial charge in [0.1, 0.15) is 0 Å². The highest BCUT2D eigenvalue weighted by Gasteiger charge is 2.44. The maximum Gasteiger partial charge on any atom is 0.255 e. The number of nitriles is 1. The maximum atomic E-state index is 12.4. The number of benzene rings is 2. The van der Waals surface area contributed by atoms with Crippen LogP contribution in [0.5, 0.6) is 11.5 Å². The molecule has 1 aliphatic rings. The molecule has 0 radical (unpaired) electrons. The lowest BCUT2D eigenvalue weighted by Gasteiger charge is -2.10. The van der Waals surface area contributed by atoms with Crippen LogP contribution in [0.3, 0.4) is 0 Å². The molecule has 5 heteroatoms. The van der Waals surface area contributed by atoms with Gasteiger partial charge in [-0.15, -0.1) is 0 Å². The van der Waals surface area contributed by atoms with Crippen molar-refractivity contribution in [1.29, 1.82) is 5.26 Å². The van der Waals surface area contributed by atoms with Gasteiger partial charge >= 0.3 is 0 Å². The Hall–Kier alpha value is -3.00. The number of methoxy groups -OCH3 is 1. The average Bonchev–Trinajstić information content (AvgIpc) is 3.36. The molecular weight excluding hydrogens is 292 g/mol. The Morgan fingerprint density at radius 3 is 2.70 bits per heavy atom. The third-order valence-electron chi connectivity index (χ3n) is 4.08. The van der Waals surface area contributed by atoms with Gasteiger partial charge in [-0.2, -0.15) is 5.26 Å². The van der Waals surface area contributed by atoms with Crippen molar-refractivity contribution in [3.05, 3.63) is 53.6 Å². The van der Waals surface area contributed by atoms with Gasteiger partial charge in [-0.1, -0.05) is 12.1 Å². The normalized spacial score (nSPS) is 14.6. The van der Waals surface area contributed by atoms with Crippen LogP contribution in [0.4, 0.5) is 5.69 Å². The fraction of sp³-hybridized carbons (Fsp3) is 0.222. The van der Waals surface area contributed by atoms with Gasteiger partial charge in [0.25, 0.3) is 5.91 Å². The summed E-state index contributed by atoms with van der Waals surface area (Å²) in [5.74, 6) is 0.0142. The quantitative estimate of drug-likeness (QED) is 0.908. The van der Waals surface area contributed by atoms with E-state index in [2.05, 4.69) is 11.4 Å². The number of carbonyl (C=O) groups excluding carboxylic acids is 1. The molecule has 2 N–H and O–H groups in total. The van der Waals surface area contributed by atoms with Crippen LogP contribution in [0, 0.1) is 11.3 Å². The van der Waals surface area contributed by atoms with Gasteiger partial charge in [0.15, 0.2) is 11.5 Å². The SMILES string of the molecule is COc1ccc(NC(=O)c2cccc(C3(C#N)CC3)c2)cc1O. The summed E-state index contributed by atoms with van der Waals surface area (Å²) in [5, 5.41) is 21.7. The number of carbonyl (C=O) groups is 1. The van der Waals surface area contributed by atoms with Crippen molar-refractivity contribution in [2.24, 2.45) is 0 Å². The fourth-order valence-corrected chi connectivity index (χ4v) is 2.52. The highest BCUT2D eigenvalue weighted by molar-refractivity contribution is 6.04. The van der Waals surface area contributed by atoms with Gasteiger partial charge in [0.05, 0.1) is 18.6 Å². The molecule has 0 spiro atoms. The number of nitrogens with zero attached hydrogens (tertiary/aromatic N) is 1. The van der Waals surface area contributed by atoms with Crippen LogP contribution >= 0.6 is 0 Å². The fourth-order valence-electron chi connectivity index (χ4n) is 2.52. The predicted molar refractivity (Wildman–Crippen MR) is 85.6 cm³/mol. The molecule has 0 saturated heterocycles. The molecule has 2 aromatic rings. The van der Waals surface area contributed by atoms with E-state index in [4.69, 9.17) is 4.74 Å². The number of nitrogens with one attached hydrogen (secondary N) is 1. The zero-order valence-corrected chi connectivity index (χ0v) is 12.7. The van der Waals surface area contributed by atoms with Crippen molar-refractivity contribution >= 4 is 11.6 Å². The predicted octanol–water partition coefficient (Wildman–Crippen LogP) is 3.21. The number of hydrogen-bond donors (Lipinski definition) is 2. The maximum absolute atomic E-state index is 12.4. The molecule has 1 saturated carbocycles. The third-order valence-corrected chi connectivity index (χ3v) is 4.08. The Bertz CT molecular complexity index is 804. The van der Waals surface area contributed by atoms with Crippen LogP contribution in [0.1, 0.15) is 28.8 Å². The van der Waals surface area contributed by atoms with E-state index >= 15 is 0 Å². The first-order valence-corrected chi connectivity index (χ1v) is 7.28. The molecule has 5 nitrogen and oxygen atoms in total. The van der Waals surface area contributed by atoms with Gasteiger partial charge in [0, 0.05) is 17.3 Å². The molecule has 0 heterocycles. The van der Waals surface area contributed by atoms with Gasteiger partial charge < -0.3 is 15.2 Å². The van der Waals surface area contributed by atoms with E-state index in [0.29, 0.717) is 17.0 Å². The number of rotatable bonds is 4. The lowest BCUT2D eigenvalue weighted by Crippen LogP contribution is -2.13. The lowest BCUT2D eigenvalue weighted by atomic mass is 9.96. The molecule has 1 fully saturated rings. The van der Waals surface area contributed by atoms with Gasteiger partial charge in [0.2, 0.25) is 0 Å². The van der Waals surface area contributed by atoms with Gasteiger partial charge in [-0.05, 0) is 42.7 Å². The molecule has 0 unspecified atom stereocenters. The van der Waals surface area contributed by atoms with Crippen LogP contribution in [-0.2, 0) is 5.41 Å². The van der Waals surface area contributed by atoms with Crippen molar-refractivity contribution in [3.8, 4) is 17.6 Å². The van der Waals surface area contributed by atoms with Crippen LogP contribution in [0.2, 0.25) is 0 Å². The molecule has 0 aliphatic heterocycles. The molecule has 0 atom stereocenters. The van der Waals surface area contributed by atoms with Gasteiger partial charge in [-0.3, -0.25) is 4.79 Å². The first-order valence-electron chi connectivity index (χ1n) is 7.28. The summed E-state index contributed by atoms with van der Waals surface area (Å²) in [7, 11) is 1.46. The van der Waals surface area contributed by atoms with E-state index in [1.54, 1.807) is 30.3 Å². The minimum Gasteiger partial charge on any atom is -0.504 e. The van der Waals surface area contributed by atoms with Crippen molar-refractivity contribution in [3.63, 3.8) is 0 Å². The summed E-state index contributed by atoms with van der Waals surface area (Å²) in [6, 6.07) is 14.1. The number of aromatic hydroxyl groups is 1. The average molecular weight is 308 g/mol. The Balaban J connectivity index is 1.80. The molecule has 116 valence electrons. The molecule has 1 amide bonds. The standard InChI is InChI=1S/C18H16N2O3/c1-23-16-6-5-14(10-15(16)21)20-17(22)12-3-2-4-13(9-12)18(11-19)7-8-18/h2-6,9-10,21H,7-8H2,1H3,(H,20,22). The topological polar surface area (TPSA) is 82.3 Å². The molecule has 2 aromatic carbocycles. The number of anilines is 1. The molecule has 0 aromatic heterocycles. The molecule has 3 rings (SSSR count). The monoisotopic (exact) mass is 308 g/mol. The molecule has 23 heavy (non-hydrogen) atoms. The van der Waals surface area contributed by atoms with E-state index < -0.39 is 5.41 Å². The van der Waals surface area contributed by atoms with Crippen LogP contribution in [-0.4, -0.2) is 18.1 Å². The summed E-state index contributed by atoms with van der Waals surface area (Å²) in [4.78, 5) is 12.4. The number of phenols is 1. The number of ether oxygens (including phenoxy) is 1. The van der Waals surface area contributed by atoms with Crippen molar-refractivity contribution in [2.75, 3.05) is 12.4 Å². The Morgan fingerprint density at radius 2 is 2.09 bits per heavy atom. The van der Waals surface area contributed by atoms with E-state index in [-0.39, 0.29) is 11.7 Å². The smallest absolute Gasteiger partial charge is 0.255 e. The highest BCUT2D eigenvalue weighted by atomic mass is 16.5. The zero-order valence-electron chi connectivity index (χ0n) is 12.7. The van der Waals surface area contributed by atoms with Crippen molar-refractivity contribution in [1.82, 2.24) is 0 Å². The number of phenolic OH excluding ortho intramolecular Hbond substituents is 1. The molecule has 0 bridgehead atoms. The van der Waals surface area contributed by atoms with Crippen LogP contribution in [0.25, 0.3) is 0 Å². The van der Waals surface area contributed by atoms with E-state index in [1.807, 2.05) is 6.07 Å². The second kappa shape index (κ2) is 5.65. The van der Waals surface area contributed by atoms with E-state index in [9.17, 15) is 15.2 Å². The number of hydrogen-bond acceptors (Lipinski definition) is 4. The van der Waals surface area contributed by atoms with Crippen LogP contribution < -0.4 is 10.1 Å². The summed E-state index contributed by atoms with van der Waals surface area (Å²) in [6.07, 6.45) is 1.67. The minimum atomic E-state index is -0.422. The first-order chi connectivity index (χ1) is 11.1. The van der Waals surface area contributed by atoms with E-state index in [0.717, 1.165) is 18.4 Å². The van der Waals surface area contributed by atoms with E-state index in [1.165, 1.54) is 13.2 Å². The largest absolute Gasteiger partial charge is 0.504 e. The molecule has 1 aliphatic carbocycles. The second-order valence-corrected chi connectivity index (χ2v) is 5.62. The minimum absolute atomic E-state index is 0.0412. The molecular formula is C18H16N2O3. The second-order valence-electron chi connectivity index (χ2n) is 5.62. The summed E-state index contributed by atoms with van der Waals surface area (Å²) in [6.45, 7) is 0. The first kappa shape index (κ1) is 14.9. The summed E-state index contributed by atoms with van der Waals surface area (Å²) in [5.41, 5.74) is 1.42. The van der Waals surface area contributed by atoms with Crippen molar-refractivity contribution in [2.45, 2.75) is 18.3 Å².